The number of rotatable bonds is 12. The highest BCUT2D eigenvalue weighted by Crippen LogP contribution is 2.25. The average Bonchev–Trinajstić information content (AvgIpc) is 3.09. The normalized spacial score (nSPS) is 14.2. The van der Waals surface area contributed by atoms with E-state index in [9.17, 15) is 24.0 Å². The number of halogens is 1. The van der Waals surface area contributed by atoms with Crippen LogP contribution in [-0.4, -0.2) is 60.0 Å². The Hall–Kier alpha value is -5.76. The third-order valence-corrected chi connectivity index (χ3v) is 7.76. The number of amides is 3. The molecule has 10 nitrogen and oxygen atoms in total. The van der Waals surface area contributed by atoms with Crippen molar-refractivity contribution in [3.8, 4) is 17.3 Å². The fourth-order valence-corrected chi connectivity index (χ4v) is 5.35. The molecule has 1 unspecified atom stereocenters. The number of pyridine rings is 1. The van der Waals surface area contributed by atoms with Crippen LogP contribution in [0.2, 0.25) is 0 Å². The van der Waals surface area contributed by atoms with Crippen LogP contribution >= 0.6 is 0 Å². The first-order valence-electron chi connectivity index (χ1n) is 15.4. The molecule has 0 bridgehead atoms. The monoisotopic (exact) mass is 634 g/mol. The van der Waals surface area contributed by atoms with E-state index < -0.39 is 18.0 Å². The van der Waals surface area contributed by atoms with E-state index in [-0.39, 0.29) is 37.0 Å². The summed E-state index contributed by atoms with van der Waals surface area (Å²) < 4.78 is 19.0. The van der Waals surface area contributed by atoms with E-state index in [1.54, 1.807) is 41.3 Å². The van der Waals surface area contributed by atoms with E-state index in [4.69, 9.17) is 4.74 Å². The standard InChI is InChI=1S/C36H35FN6O4/c37-28-12-6-10-25(22-28)17-18-39-33-30(15-16-31(41-33)29-13-5-4-11-27(29)23-38)34(44)40-19-21-43-20-7-14-32(35(43)45)42-36(46)47-24-26-8-2-1-3-9-26/h1-6,8-13,15-16,22,32H,7,14,17-21,24H2,(H,39,41)(H,40,44)(H,42,46). The number of carbonyl (C=O) groups excluding carboxylic acids is 3. The van der Waals surface area contributed by atoms with Gasteiger partial charge in [-0.25, -0.2) is 14.2 Å². The van der Waals surface area contributed by atoms with Crippen molar-refractivity contribution >= 4 is 23.7 Å². The van der Waals surface area contributed by atoms with Crippen LogP contribution < -0.4 is 16.0 Å². The number of aromatic nitrogens is 1. The molecule has 1 aromatic heterocycles. The first-order valence-corrected chi connectivity index (χ1v) is 15.4. The molecule has 3 aromatic carbocycles. The third kappa shape index (κ3) is 8.92. The Morgan fingerprint density at radius 1 is 0.979 bits per heavy atom. The van der Waals surface area contributed by atoms with Crippen LogP contribution in [0.4, 0.5) is 15.0 Å². The summed E-state index contributed by atoms with van der Waals surface area (Å²) in [4.78, 5) is 45.1. The molecule has 1 aliphatic rings. The van der Waals surface area contributed by atoms with E-state index in [2.05, 4.69) is 27.0 Å². The van der Waals surface area contributed by atoms with E-state index >= 15 is 0 Å². The van der Waals surface area contributed by atoms with E-state index in [0.717, 1.165) is 11.1 Å². The SMILES string of the molecule is N#Cc1ccccc1-c1ccc(C(=O)NCCN2CCCC(NC(=O)OCc3ccccc3)C2=O)c(NCCc2cccc(F)c2)n1. The van der Waals surface area contributed by atoms with Crippen molar-refractivity contribution in [3.63, 3.8) is 0 Å². The van der Waals surface area contributed by atoms with Crippen molar-refractivity contribution in [2.45, 2.75) is 31.9 Å². The fraction of sp³-hybridized carbons (Fsp3) is 0.250. The number of piperidine rings is 1. The van der Waals surface area contributed by atoms with Crippen molar-refractivity contribution in [3.05, 3.63) is 119 Å². The minimum absolute atomic E-state index is 0.103. The summed E-state index contributed by atoms with van der Waals surface area (Å²) in [5, 5.41) is 18.3. The maximum atomic E-state index is 13.7. The Morgan fingerprint density at radius 3 is 2.57 bits per heavy atom. The average molecular weight is 635 g/mol. The van der Waals surface area contributed by atoms with Gasteiger partial charge in [-0.15, -0.1) is 0 Å². The van der Waals surface area contributed by atoms with Gasteiger partial charge in [0.15, 0.2) is 0 Å². The molecule has 5 rings (SSSR count). The number of nitrogens with zero attached hydrogens (tertiary/aromatic N) is 3. The number of carbonyl (C=O) groups is 3. The molecule has 4 aromatic rings. The van der Waals surface area contributed by atoms with E-state index in [1.807, 2.05) is 42.5 Å². The molecule has 240 valence electrons. The number of hydrogen-bond acceptors (Lipinski definition) is 7. The lowest BCUT2D eigenvalue weighted by Gasteiger charge is -2.32. The van der Waals surface area contributed by atoms with Gasteiger partial charge in [0.05, 0.1) is 22.9 Å². The molecule has 11 heteroatoms. The second-order valence-electron chi connectivity index (χ2n) is 11.0. The summed E-state index contributed by atoms with van der Waals surface area (Å²) in [6.07, 6.45) is 1.02. The zero-order chi connectivity index (χ0) is 33.0. The largest absolute Gasteiger partial charge is 0.445 e. The Labute approximate surface area is 272 Å². The van der Waals surface area contributed by atoms with Crippen LogP contribution in [0.25, 0.3) is 11.3 Å². The zero-order valence-electron chi connectivity index (χ0n) is 25.7. The van der Waals surface area contributed by atoms with Gasteiger partial charge in [-0.2, -0.15) is 5.26 Å². The molecular formula is C36H35FN6O4. The predicted octanol–water partition coefficient (Wildman–Crippen LogP) is 5.06. The fourth-order valence-electron chi connectivity index (χ4n) is 5.35. The molecule has 0 saturated carbocycles. The molecule has 0 aliphatic carbocycles. The Bertz CT molecular complexity index is 1760. The van der Waals surface area contributed by atoms with Crippen LogP contribution in [0.1, 0.15) is 39.9 Å². The highest BCUT2D eigenvalue weighted by molar-refractivity contribution is 5.99. The minimum Gasteiger partial charge on any atom is -0.445 e. The second-order valence-corrected chi connectivity index (χ2v) is 11.0. The van der Waals surface area contributed by atoms with Crippen LogP contribution in [0, 0.1) is 17.1 Å². The molecule has 3 amide bonds. The molecule has 3 N–H and O–H groups in total. The first kappa shape index (κ1) is 32.6. The molecule has 1 saturated heterocycles. The van der Waals surface area contributed by atoms with E-state index in [1.165, 1.54) is 12.1 Å². The number of alkyl carbamates (subject to hydrolysis) is 1. The minimum atomic E-state index is -0.704. The van der Waals surface area contributed by atoms with Crippen LogP contribution in [-0.2, 0) is 22.6 Å². The van der Waals surface area contributed by atoms with Gasteiger partial charge >= 0.3 is 6.09 Å². The first-order chi connectivity index (χ1) is 22.9. The Balaban J connectivity index is 1.20. The summed E-state index contributed by atoms with van der Waals surface area (Å²) in [6, 6.07) is 27.4. The number of ether oxygens (including phenoxy) is 1. The van der Waals surface area contributed by atoms with Gasteiger partial charge in [-0.3, -0.25) is 9.59 Å². The number of likely N-dealkylation sites (tertiary alicyclic amines) is 1. The summed E-state index contributed by atoms with van der Waals surface area (Å²) in [7, 11) is 0. The van der Waals surface area contributed by atoms with Crippen LogP contribution in [0.15, 0.2) is 91.0 Å². The number of nitriles is 1. The summed E-state index contributed by atoms with van der Waals surface area (Å²) in [5.74, 6) is -0.636. The zero-order valence-corrected chi connectivity index (χ0v) is 25.7. The molecule has 1 atom stereocenters. The molecule has 0 radical (unpaired) electrons. The Kier molecular flexibility index (Phi) is 11.1. The van der Waals surface area contributed by atoms with Crippen LogP contribution in [0.5, 0.6) is 0 Å². The van der Waals surface area contributed by atoms with Crippen molar-refractivity contribution < 1.29 is 23.5 Å². The van der Waals surface area contributed by atoms with Gasteiger partial charge in [0, 0.05) is 31.7 Å². The summed E-state index contributed by atoms with van der Waals surface area (Å²) in [5.41, 5.74) is 3.52. The number of hydrogen-bond donors (Lipinski definition) is 3. The van der Waals surface area contributed by atoms with Gasteiger partial charge < -0.3 is 25.6 Å². The lowest BCUT2D eigenvalue weighted by molar-refractivity contribution is -0.135. The second kappa shape index (κ2) is 16.0. The number of nitrogens with one attached hydrogen (secondary N) is 3. The highest BCUT2D eigenvalue weighted by Gasteiger charge is 2.30. The van der Waals surface area contributed by atoms with Crippen molar-refractivity contribution in [1.29, 1.82) is 5.26 Å². The molecule has 2 heterocycles. The third-order valence-electron chi connectivity index (χ3n) is 7.76. The lowest BCUT2D eigenvalue weighted by atomic mass is 10.0. The lowest BCUT2D eigenvalue weighted by Crippen LogP contribution is -2.53. The van der Waals surface area contributed by atoms with E-state index in [0.29, 0.717) is 55.0 Å². The number of anilines is 1. The number of benzene rings is 3. The molecule has 47 heavy (non-hydrogen) atoms. The highest BCUT2D eigenvalue weighted by atomic mass is 19.1. The summed E-state index contributed by atoms with van der Waals surface area (Å²) in [6.45, 7) is 1.42. The van der Waals surface area contributed by atoms with Gasteiger partial charge in [-0.1, -0.05) is 60.7 Å². The summed E-state index contributed by atoms with van der Waals surface area (Å²) >= 11 is 0. The molecule has 0 spiro atoms. The molecular weight excluding hydrogens is 599 g/mol. The van der Waals surface area contributed by atoms with Gasteiger partial charge in [0.1, 0.15) is 24.3 Å². The Morgan fingerprint density at radius 2 is 1.77 bits per heavy atom. The van der Waals surface area contributed by atoms with Crippen molar-refractivity contribution in [1.82, 2.24) is 20.5 Å². The van der Waals surface area contributed by atoms with Crippen molar-refractivity contribution in [2.75, 3.05) is 31.5 Å². The molecule has 1 aliphatic heterocycles. The van der Waals surface area contributed by atoms with Gasteiger partial charge in [0.25, 0.3) is 5.91 Å². The molecule has 1 fully saturated rings. The smallest absolute Gasteiger partial charge is 0.408 e. The van der Waals surface area contributed by atoms with Crippen molar-refractivity contribution in [2.24, 2.45) is 0 Å². The van der Waals surface area contributed by atoms with Gasteiger partial charge in [-0.05, 0) is 60.7 Å². The van der Waals surface area contributed by atoms with Crippen LogP contribution in [0.3, 0.4) is 0 Å². The van der Waals surface area contributed by atoms with Gasteiger partial charge in [0.2, 0.25) is 5.91 Å². The topological polar surface area (TPSA) is 136 Å². The quantitative estimate of drug-likeness (QED) is 0.198. The predicted molar refractivity (Wildman–Crippen MR) is 175 cm³/mol. The maximum Gasteiger partial charge on any atom is 0.408 e. The maximum absolute atomic E-state index is 13.7.